The van der Waals surface area contributed by atoms with Crippen LogP contribution in [0.25, 0.3) is 0 Å². The monoisotopic (exact) mass is 258 g/mol. The summed E-state index contributed by atoms with van der Waals surface area (Å²) in [5, 5.41) is 3.82. The molecule has 0 saturated heterocycles. The third-order valence-electron chi connectivity index (χ3n) is 3.20. The van der Waals surface area contributed by atoms with Crippen molar-refractivity contribution >= 4 is 17.7 Å². The molecule has 0 bridgehead atoms. The molecule has 3 N–H and O–H groups in total. The van der Waals surface area contributed by atoms with Crippen molar-refractivity contribution in [3.8, 4) is 0 Å². The van der Waals surface area contributed by atoms with Gasteiger partial charge in [-0.25, -0.2) is 0 Å². The average Bonchev–Trinajstić information content (AvgIpc) is 2.65. The molecule has 0 radical (unpaired) electrons. The molecule has 3 atom stereocenters. The van der Waals surface area contributed by atoms with Gasteiger partial charge in [0.1, 0.15) is 0 Å². The first-order valence-corrected chi connectivity index (χ1v) is 7.75. The Bertz CT molecular complexity index is 246. The first-order chi connectivity index (χ1) is 8.02. The van der Waals surface area contributed by atoms with Gasteiger partial charge in [0.2, 0.25) is 5.91 Å². The molecule has 2 unspecified atom stereocenters. The van der Waals surface area contributed by atoms with Crippen molar-refractivity contribution in [3.05, 3.63) is 0 Å². The number of thioether (sulfide) groups is 1. The van der Waals surface area contributed by atoms with E-state index in [1.807, 2.05) is 11.8 Å². The van der Waals surface area contributed by atoms with E-state index in [1.54, 1.807) is 0 Å². The fraction of sp³-hybridized carbons (Fsp3) is 0.923. The Morgan fingerprint density at radius 1 is 1.47 bits per heavy atom. The van der Waals surface area contributed by atoms with E-state index in [-0.39, 0.29) is 11.9 Å². The van der Waals surface area contributed by atoms with Crippen LogP contribution in [0.2, 0.25) is 0 Å². The topological polar surface area (TPSA) is 55.1 Å². The first-order valence-electron chi connectivity index (χ1n) is 6.70. The molecule has 0 aliphatic heterocycles. The van der Waals surface area contributed by atoms with Crippen LogP contribution in [0.1, 0.15) is 46.5 Å². The Labute approximate surface area is 109 Å². The molecule has 1 amide bonds. The van der Waals surface area contributed by atoms with Crippen molar-refractivity contribution < 1.29 is 4.79 Å². The van der Waals surface area contributed by atoms with Crippen molar-refractivity contribution in [3.63, 3.8) is 0 Å². The maximum Gasteiger partial charge on any atom is 0.237 e. The summed E-state index contributed by atoms with van der Waals surface area (Å²) in [5.41, 5.74) is 5.87. The third kappa shape index (κ3) is 5.30. The molecule has 1 aliphatic rings. The van der Waals surface area contributed by atoms with Crippen LogP contribution in [0.5, 0.6) is 0 Å². The van der Waals surface area contributed by atoms with Crippen molar-refractivity contribution in [1.82, 2.24) is 5.32 Å². The molecule has 0 aromatic heterocycles. The average molecular weight is 258 g/mol. The van der Waals surface area contributed by atoms with Gasteiger partial charge in [0.05, 0.1) is 6.04 Å². The normalized spacial score (nSPS) is 26.2. The van der Waals surface area contributed by atoms with Crippen LogP contribution in [0.15, 0.2) is 0 Å². The summed E-state index contributed by atoms with van der Waals surface area (Å²) in [5.74, 6) is 1.67. The molecule has 1 aliphatic carbocycles. The number of carbonyl (C=O) groups is 1. The highest BCUT2D eigenvalue weighted by Gasteiger charge is 2.27. The van der Waals surface area contributed by atoms with Gasteiger partial charge in [-0.05, 0) is 37.4 Å². The molecule has 0 heterocycles. The Balaban J connectivity index is 2.27. The molecule has 0 aromatic rings. The Kier molecular flexibility index (Phi) is 6.34. The van der Waals surface area contributed by atoms with Crippen LogP contribution in [0, 0.1) is 5.92 Å². The third-order valence-corrected chi connectivity index (χ3v) is 4.43. The summed E-state index contributed by atoms with van der Waals surface area (Å²) in [6, 6.07) is 0.0117. The standard InChI is InChI=1S/C13H26N2OS/c1-4-17-11-6-5-10(8-11)15-13(16)12(14)7-9(2)3/h9-12H,4-8,14H2,1-3H3,(H,15,16)/t10?,11?,12-/m0/s1. The highest BCUT2D eigenvalue weighted by molar-refractivity contribution is 7.99. The SMILES string of the molecule is CCSC1CCC(NC(=O)[C@@H](N)CC(C)C)C1. The van der Waals surface area contributed by atoms with E-state index < -0.39 is 0 Å². The van der Waals surface area contributed by atoms with Crippen molar-refractivity contribution in [2.24, 2.45) is 11.7 Å². The fourth-order valence-corrected chi connectivity index (χ4v) is 3.52. The van der Waals surface area contributed by atoms with Gasteiger partial charge >= 0.3 is 0 Å². The quantitative estimate of drug-likeness (QED) is 0.767. The lowest BCUT2D eigenvalue weighted by Crippen LogP contribution is -2.45. The largest absolute Gasteiger partial charge is 0.352 e. The molecule has 1 fully saturated rings. The molecule has 17 heavy (non-hydrogen) atoms. The molecule has 1 saturated carbocycles. The van der Waals surface area contributed by atoms with Gasteiger partial charge in [0, 0.05) is 11.3 Å². The van der Waals surface area contributed by atoms with Crippen LogP contribution >= 0.6 is 11.8 Å². The number of hydrogen-bond acceptors (Lipinski definition) is 3. The summed E-state index contributed by atoms with van der Waals surface area (Å²) in [7, 11) is 0. The van der Waals surface area contributed by atoms with Gasteiger partial charge in [-0.3, -0.25) is 4.79 Å². The maximum atomic E-state index is 11.9. The zero-order valence-corrected chi connectivity index (χ0v) is 12.1. The summed E-state index contributed by atoms with van der Waals surface area (Å²) < 4.78 is 0. The zero-order valence-electron chi connectivity index (χ0n) is 11.2. The van der Waals surface area contributed by atoms with Crippen LogP contribution in [0.4, 0.5) is 0 Å². The van der Waals surface area contributed by atoms with E-state index in [0.29, 0.717) is 12.0 Å². The van der Waals surface area contributed by atoms with Crippen LogP contribution in [-0.2, 0) is 4.79 Å². The predicted octanol–water partition coefficient (Wildman–Crippen LogP) is 2.15. The van der Waals surface area contributed by atoms with Crippen molar-refractivity contribution in [2.45, 2.75) is 63.8 Å². The van der Waals surface area contributed by atoms with Crippen LogP contribution < -0.4 is 11.1 Å². The van der Waals surface area contributed by atoms with E-state index in [9.17, 15) is 4.79 Å². The minimum absolute atomic E-state index is 0.0332. The van der Waals surface area contributed by atoms with E-state index >= 15 is 0 Å². The minimum atomic E-state index is -0.340. The summed E-state index contributed by atoms with van der Waals surface area (Å²) >= 11 is 2.01. The van der Waals surface area contributed by atoms with E-state index in [1.165, 1.54) is 6.42 Å². The van der Waals surface area contributed by atoms with Gasteiger partial charge in [-0.1, -0.05) is 20.8 Å². The second-order valence-electron chi connectivity index (χ2n) is 5.33. The molecule has 1 rings (SSSR count). The number of amides is 1. The highest BCUT2D eigenvalue weighted by atomic mass is 32.2. The van der Waals surface area contributed by atoms with E-state index in [0.717, 1.165) is 30.3 Å². The number of hydrogen-bond donors (Lipinski definition) is 2. The van der Waals surface area contributed by atoms with Crippen molar-refractivity contribution in [1.29, 1.82) is 0 Å². The van der Waals surface area contributed by atoms with Crippen molar-refractivity contribution in [2.75, 3.05) is 5.75 Å². The number of rotatable bonds is 6. The molecule has 100 valence electrons. The lowest BCUT2D eigenvalue weighted by atomic mass is 10.0. The Hall–Kier alpha value is -0.220. The maximum absolute atomic E-state index is 11.9. The molecule has 0 spiro atoms. The van der Waals surface area contributed by atoms with Gasteiger partial charge in [0.15, 0.2) is 0 Å². The summed E-state index contributed by atoms with van der Waals surface area (Å²) in [4.78, 5) is 11.9. The van der Waals surface area contributed by atoms with Crippen LogP contribution in [-0.4, -0.2) is 29.0 Å². The smallest absolute Gasteiger partial charge is 0.237 e. The van der Waals surface area contributed by atoms with E-state index in [2.05, 4.69) is 26.1 Å². The fourth-order valence-electron chi connectivity index (χ4n) is 2.38. The molecule has 3 nitrogen and oxygen atoms in total. The predicted molar refractivity (Wildman–Crippen MR) is 75.1 cm³/mol. The number of nitrogens with one attached hydrogen (secondary N) is 1. The lowest BCUT2D eigenvalue weighted by Gasteiger charge is -2.18. The highest BCUT2D eigenvalue weighted by Crippen LogP contribution is 2.29. The second kappa shape index (κ2) is 7.27. The number of carbonyl (C=O) groups excluding carboxylic acids is 1. The van der Waals surface area contributed by atoms with Crippen LogP contribution in [0.3, 0.4) is 0 Å². The Morgan fingerprint density at radius 2 is 2.18 bits per heavy atom. The summed E-state index contributed by atoms with van der Waals surface area (Å²) in [6.07, 6.45) is 4.21. The second-order valence-corrected chi connectivity index (χ2v) is 6.91. The van der Waals surface area contributed by atoms with Gasteiger partial charge in [0.25, 0.3) is 0 Å². The van der Waals surface area contributed by atoms with E-state index in [4.69, 9.17) is 5.73 Å². The first kappa shape index (κ1) is 14.8. The Morgan fingerprint density at radius 3 is 2.76 bits per heavy atom. The molecule has 4 heteroatoms. The molecule has 0 aromatic carbocycles. The zero-order chi connectivity index (χ0) is 12.8. The summed E-state index contributed by atoms with van der Waals surface area (Å²) in [6.45, 7) is 6.38. The number of nitrogens with two attached hydrogens (primary N) is 1. The molecular weight excluding hydrogens is 232 g/mol. The van der Waals surface area contributed by atoms with Gasteiger partial charge < -0.3 is 11.1 Å². The molecular formula is C13H26N2OS. The lowest BCUT2D eigenvalue weighted by molar-refractivity contribution is -0.123. The van der Waals surface area contributed by atoms with Gasteiger partial charge in [-0.15, -0.1) is 0 Å². The van der Waals surface area contributed by atoms with Gasteiger partial charge in [-0.2, -0.15) is 11.8 Å². The minimum Gasteiger partial charge on any atom is -0.352 e.